The molecule has 4 nitrogen and oxygen atoms in total. The number of hydrogen-bond donors (Lipinski definition) is 0. The number of benzene rings is 2. The van der Waals surface area contributed by atoms with Gasteiger partial charge in [0.05, 0.1) is 4.90 Å². The Morgan fingerprint density at radius 3 is 1.85 bits per heavy atom. The Bertz CT molecular complexity index is 949. The molecule has 2 aromatic rings. The maximum absolute atomic E-state index is 13.4. The molecule has 0 atom stereocenters. The molecule has 1 aliphatic heterocycles. The summed E-state index contributed by atoms with van der Waals surface area (Å²) < 4.78 is 28.5. The van der Waals surface area contributed by atoms with Crippen molar-refractivity contribution in [1.82, 2.24) is 4.31 Å². The van der Waals surface area contributed by atoms with Crippen LogP contribution in [0.1, 0.15) is 27.8 Å². The Labute approximate surface area is 167 Å². The van der Waals surface area contributed by atoms with Crippen LogP contribution in [0.5, 0.6) is 0 Å². The van der Waals surface area contributed by atoms with Crippen LogP contribution in [0.2, 0.25) is 5.02 Å². The first-order valence-electron chi connectivity index (χ1n) is 9.22. The summed E-state index contributed by atoms with van der Waals surface area (Å²) in [5.41, 5.74) is 6.08. The molecule has 1 heterocycles. The molecule has 1 aliphatic rings. The van der Waals surface area contributed by atoms with E-state index in [1.165, 1.54) is 5.56 Å². The molecule has 0 saturated carbocycles. The van der Waals surface area contributed by atoms with Crippen LogP contribution in [0, 0.1) is 34.6 Å². The maximum Gasteiger partial charge on any atom is 0.243 e. The van der Waals surface area contributed by atoms with Crippen LogP contribution in [0.4, 0.5) is 5.69 Å². The summed E-state index contributed by atoms with van der Waals surface area (Å²) in [5.74, 6) is 0. The molecular formula is C21H27ClN2O2S. The summed E-state index contributed by atoms with van der Waals surface area (Å²) in [7, 11) is -3.52. The molecule has 0 aliphatic carbocycles. The second kappa shape index (κ2) is 7.46. The Balaban J connectivity index is 1.88. The Morgan fingerprint density at radius 1 is 0.815 bits per heavy atom. The van der Waals surface area contributed by atoms with Crippen LogP contribution < -0.4 is 4.90 Å². The van der Waals surface area contributed by atoms with Crippen molar-refractivity contribution in [2.75, 3.05) is 31.1 Å². The van der Waals surface area contributed by atoms with Gasteiger partial charge in [-0.25, -0.2) is 8.42 Å². The van der Waals surface area contributed by atoms with Gasteiger partial charge in [0.15, 0.2) is 0 Å². The van der Waals surface area contributed by atoms with Crippen LogP contribution in [0.25, 0.3) is 0 Å². The van der Waals surface area contributed by atoms with E-state index in [2.05, 4.69) is 11.8 Å². The van der Waals surface area contributed by atoms with Crippen molar-refractivity contribution >= 4 is 27.3 Å². The van der Waals surface area contributed by atoms with Gasteiger partial charge in [0.2, 0.25) is 10.0 Å². The van der Waals surface area contributed by atoms with Crippen molar-refractivity contribution in [1.29, 1.82) is 0 Å². The number of nitrogens with zero attached hydrogens (tertiary/aromatic N) is 2. The predicted molar refractivity (Wildman–Crippen MR) is 113 cm³/mol. The molecule has 146 valence electrons. The van der Waals surface area contributed by atoms with E-state index < -0.39 is 10.0 Å². The fourth-order valence-corrected chi connectivity index (χ4v) is 6.01. The third-order valence-corrected chi connectivity index (χ3v) is 8.35. The molecule has 1 saturated heterocycles. The van der Waals surface area contributed by atoms with Crippen LogP contribution in [0.15, 0.2) is 29.2 Å². The van der Waals surface area contributed by atoms with E-state index in [0.29, 0.717) is 36.1 Å². The lowest BCUT2D eigenvalue weighted by molar-refractivity contribution is 0.384. The summed E-state index contributed by atoms with van der Waals surface area (Å²) in [6.07, 6.45) is 0. The molecule has 0 spiro atoms. The monoisotopic (exact) mass is 406 g/mol. The second-order valence-corrected chi connectivity index (χ2v) is 9.64. The van der Waals surface area contributed by atoms with Gasteiger partial charge in [-0.2, -0.15) is 4.31 Å². The van der Waals surface area contributed by atoms with Gasteiger partial charge < -0.3 is 4.90 Å². The van der Waals surface area contributed by atoms with Gasteiger partial charge in [0.25, 0.3) is 0 Å². The van der Waals surface area contributed by atoms with E-state index >= 15 is 0 Å². The fourth-order valence-electron chi connectivity index (χ4n) is 3.84. The van der Waals surface area contributed by atoms with Crippen molar-refractivity contribution in [2.45, 2.75) is 39.5 Å². The number of anilines is 1. The molecule has 6 heteroatoms. The summed E-state index contributed by atoms with van der Waals surface area (Å²) in [6.45, 7) is 12.2. The van der Waals surface area contributed by atoms with Gasteiger partial charge in [-0.3, -0.25) is 0 Å². The summed E-state index contributed by atoms with van der Waals surface area (Å²) in [4.78, 5) is 2.67. The average Bonchev–Trinajstić information content (AvgIpc) is 2.65. The Kier molecular flexibility index (Phi) is 5.57. The molecule has 0 unspecified atom stereocenters. The molecule has 0 N–H and O–H groups in total. The Morgan fingerprint density at radius 2 is 1.33 bits per heavy atom. The smallest absolute Gasteiger partial charge is 0.243 e. The van der Waals surface area contributed by atoms with Gasteiger partial charge >= 0.3 is 0 Å². The zero-order valence-electron chi connectivity index (χ0n) is 16.6. The summed E-state index contributed by atoms with van der Waals surface area (Å²) in [6, 6.07) is 7.70. The number of piperazine rings is 1. The molecule has 0 radical (unpaired) electrons. The number of halogens is 1. The third-order valence-electron chi connectivity index (χ3n) is 5.94. The molecule has 0 amide bonds. The first kappa shape index (κ1) is 20.2. The molecule has 1 fully saturated rings. The highest BCUT2D eigenvalue weighted by Gasteiger charge is 2.32. The van der Waals surface area contributed by atoms with Gasteiger partial charge in [-0.1, -0.05) is 17.7 Å². The predicted octanol–water partition coefficient (Wildman–Crippen LogP) is 4.39. The van der Waals surface area contributed by atoms with Crippen molar-refractivity contribution < 1.29 is 8.42 Å². The normalized spacial score (nSPS) is 16.0. The van der Waals surface area contributed by atoms with E-state index in [0.717, 1.165) is 27.9 Å². The molecule has 0 aromatic heterocycles. The minimum atomic E-state index is -3.52. The standard InChI is InChI=1S/C21H27ClN2O2S/c1-14-15(2)17(4)21(18(5)16(14)3)27(25,26)24-11-9-23(10-12-24)20-8-6-7-19(22)13-20/h6-8,13H,9-12H2,1-5H3. The van der Waals surface area contributed by atoms with Crippen molar-refractivity contribution in [3.05, 3.63) is 57.1 Å². The quantitative estimate of drug-likeness (QED) is 0.758. The zero-order valence-corrected chi connectivity index (χ0v) is 18.2. The van der Waals surface area contributed by atoms with Crippen molar-refractivity contribution in [3.8, 4) is 0 Å². The first-order chi connectivity index (χ1) is 12.6. The molecule has 0 bridgehead atoms. The van der Waals surface area contributed by atoms with E-state index in [9.17, 15) is 8.42 Å². The summed E-state index contributed by atoms with van der Waals surface area (Å²) in [5, 5.41) is 0.694. The number of sulfonamides is 1. The largest absolute Gasteiger partial charge is 0.369 e. The minimum absolute atomic E-state index is 0.472. The lowest BCUT2D eigenvalue weighted by Gasteiger charge is -2.36. The highest BCUT2D eigenvalue weighted by Crippen LogP contribution is 2.32. The van der Waals surface area contributed by atoms with Crippen LogP contribution >= 0.6 is 11.6 Å². The summed E-state index contributed by atoms with van der Waals surface area (Å²) >= 11 is 6.09. The van der Waals surface area contributed by atoms with E-state index in [-0.39, 0.29) is 0 Å². The van der Waals surface area contributed by atoms with Gasteiger partial charge in [-0.15, -0.1) is 0 Å². The fraction of sp³-hybridized carbons (Fsp3) is 0.429. The highest BCUT2D eigenvalue weighted by atomic mass is 35.5. The van der Waals surface area contributed by atoms with Gasteiger partial charge in [0, 0.05) is 36.9 Å². The number of hydrogen-bond acceptors (Lipinski definition) is 3. The Hall–Kier alpha value is -1.56. The van der Waals surface area contributed by atoms with Crippen molar-refractivity contribution in [2.24, 2.45) is 0 Å². The van der Waals surface area contributed by atoms with Crippen LogP contribution in [0.3, 0.4) is 0 Å². The maximum atomic E-state index is 13.4. The zero-order chi connectivity index (χ0) is 19.9. The molecule has 2 aromatic carbocycles. The average molecular weight is 407 g/mol. The van der Waals surface area contributed by atoms with Gasteiger partial charge in [0.1, 0.15) is 0 Å². The molecular weight excluding hydrogens is 380 g/mol. The van der Waals surface area contributed by atoms with Crippen molar-refractivity contribution in [3.63, 3.8) is 0 Å². The van der Waals surface area contributed by atoms with E-state index in [1.54, 1.807) is 4.31 Å². The van der Waals surface area contributed by atoms with E-state index in [1.807, 2.05) is 52.0 Å². The van der Waals surface area contributed by atoms with E-state index in [4.69, 9.17) is 11.6 Å². The lowest BCUT2D eigenvalue weighted by Crippen LogP contribution is -2.49. The second-order valence-electron chi connectivity index (χ2n) is 7.33. The van der Waals surface area contributed by atoms with Crippen LogP contribution in [-0.4, -0.2) is 38.9 Å². The van der Waals surface area contributed by atoms with Gasteiger partial charge in [-0.05, 0) is 80.6 Å². The van der Waals surface area contributed by atoms with Crippen LogP contribution in [-0.2, 0) is 10.0 Å². The highest BCUT2D eigenvalue weighted by molar-refractivity contribution is 7.89. The minimum Gasteiger partial charge on any atom is -0.369 e. The lowest BCUT2D eigenvalue weighted by atomic mass is 9.95. The SMILES string of the molecule is Cc1c(C)c(C)c(S(=O)(=O)N2CCN(c3cccc(Cl)c3)CC2)c(C)c1C. The third kappa shape index (κ3) is 3.60. The first-order valence-corrected chi connectivity index (χ1v) is 11.0. The molecule has 27 heavy (non-hydrogen) atoms. The molecule has 3 rings (SSSR count). The number of rotatable bonds is 3. The topological polar surface area (TPSA) is 40.6 Å².